The van der Waals surface area contributed by atoms with E-state index in [9.17, 15) is 0 Å². The highest BCUT2D eigenvalue weighted by molar-refractivity contribution is 6.10. The molecular weight excluding hydrogens is 508 g/mol. The third-order valence-electron chi connectivity index (χ3n) is 7.53. The van der Waals surface area contributed by atoms with Gasteiger partial charge in [-0.05, 0) is 84.7 Å². The highest BCUT2D eigenvalue weighted by Gasteiger charge is 2.21. The van der Waals surface area contributed by atoms with E-state index in [4.69, 9.17) is 24.2 Å². The van der Waals surface area contributed by atoms with Gasteiger partial charge in [0.05, 0.1) is 19.9 Å². The Morgan fingerprint density at radius 1 is 1.05 bits per heavy atom. The van der Waals surface area contributed by atoms with Gasteiger partial charge in [0.2, 0.25) is 0 Å². The highest BCUT2D eigenvalue weighted by atomic mass is 16.5. The lowest BCUT2D eigenvalue weighted by atomic mass is 9.92. The number of ether oxygens (including phenoxy) is 3. The van der Waals surface area contributed by atoms with E-state index in [0.717, 1.165) is 41.1 Å². The molecule has 0 saturated heterocycles. The first-order chi connectivity index (χ1) is 20.0. The Balaban J connectivity index is 1.66. The van der Waals surface area contributed by atoms with Crippen LogP contribution in [0.25, 0.3) is 5.57 Å². The van der Waals surface area contributed by atoms with Gasteiger partial charge >= 0.3 is 0 Å². The van der Waals surface area contributed by atoms with Crippen molar-refractivity contribution in [3.8, 4) is 11.5 Å². The Morgan fingerprint density at radius 2 is 1.88 bits per heavy atom. The zero-order chi connectivity index (χ0) is 29.6. The second-order valence-electron chi connectivity index (χ2n) is 10.3. The van der Waals surface area contributed by atoms with Crippen LogP contribution in [0.2, 0.25) is 0 Å². The lowest BCUT2D eigenvalue weighted by molar-refractivity contribution is 0.308. The van der Waals surface area contributed by atoms with E-state index in [1.165, 1.54) is 30.4 Å². The van der Waals surface area contributed by atoms with Crippen LogP contribution in [0.5, 0.6) is 11.5 Å². The fourth-order valence-electron chi connectivity index (χ4n) is 4.88. The van der Waals surface area contributed by atoms with E-state index in [1.807, 2.05) is 37.4 Å². The van der Waals surface area contributed by atoms with Gasteiger partial charge in [0.15, 0.2) is 11.5 Å². The summed E-state index contributed by atoms with van der Waals surface area (Å²) in [6.07, 6.45) is 16.4. The molecule has 1 aliphatic rings. The van der Waals surface area contributed by atoms with Crippen LogP contribution in [0.15, 0.2) is 88.6 Å². The average molecular weight is 555 g/mol. The molecule has 0 spiro atoms. The van der Waals surface area contributed by atoms with E-state index in [2.05, 4.69) is 70.0 Å². The lowest BCUT2D eigenvalue weighted by Crippen LogP contribution is -2.04. The Morgan fingerprint density at radius 3 is 2.56 bits per heavy atom. The molecule has 0 amide bonds. The number of allylic oxidation sites excluding steroid dienone is 4. The molecule has 5 nitrogen and oxygen atoms in total. The summed E-state index contributed by atoms with van der Waals surface area (Å²) in [5, 5.41) is 0. The van der Waals surface area contributed by atoms with Gasteiger partial charge in [-0.3, -0.25) is 9.98 Å². The molecule has 41 heavy (non-hydrogen) atoms. The van der Waals surface area contributed by atoms with Gasteiger partial charge in [0.1, 0.15) is 12.4 Å². The number of methoxy groups -OCH3 is 2. The van der Waals surface area contributed by atoms with Crippen molar-refractivity contribution in [2.24, 2.45) is 15.9 Å². The quantitative estimate of drug-likeness (QED) is 0.118. The van der Waals surface area contributed by atoms with Crippen LogP contribution in [0.3, 0.4) is 0 Å². The summed E-state index contributed by atoms with van der Waals surface area (Å²) in [6, 6.07) is 12.7. The first kappa shape index (κ1) is 31.7. The summed E-state index contributed by atoms with van der Waals surface area (Å²) in [7, 11) is 3.28. The molecule has 1 aliphatic heterocycles. The van der Waals surface area contributed by atoms with Crippen molar-refractivity contribution in [1.29, 1.82) is 0 Å². The smallest absolute Gasteiger partial charge is 0.161 e. The molecule has 2 aromatic rings. The Labute approximate surface area is 247 Å². The fourth-order valence-corrected chi connectivity index (χ4v) is 4.88. The molecule has 0 fully saturated rings. The first-order valence-corrected chi connectivity index (χ1v) is 14.7. The van der Waals surface area contributed by atoms with Gasteiger partial charge < -0.3 is 14.2 Å². The zero-order valence-corrected chi connectivity index (χ0v) is 25.7. The number of rotatable bonds is 16. The van der Waals surface area contributed by atoms with E-state index in [1.54, 1.807) is 14.2 Å². The zero-order valence-electron chi connectivity index (χ0n) is 25.7. The van der Waals surface area contributed by atoms with Crippen molar-refractivity contribution in [1.82, 2.24) is 0 Å². The Bertz CT molecular complexity index is 1320. The summed E-state index contributed by atoms with van der Waals surface area (Å²) in [5.74, 6) is 2.90. The summed E-state index contributed by atoms with van der Waals surface area (Å²) in [5.41, 5.74) is 6.76. The van der Waals surface area contributed by atoms with Crippen molar-refractivity contribution < 1.29 is 14.2 Å². The number of aliphatic imine (C=N–C) groups is 2. The van der Waals surface area contributed by atoms with Crippen molar-refractivity contribution in [2.75, 3.05) is 27.4 Å². The summed E-state index contributed by atoms with van der Waals surface area (Å²) >= 11 is 0. The summed E-state index contributed by atoms with van der Waals surface area (Å²) in [6.45, 7) is 13.7. The van der Waals surface area contributed by atoms with Crippen LogP contribution in [-0.2, 0) is 11.2 Å². The molecule has 0 radical (unpaired) electrons. The maximum absolute atomic E-state index is 6.08. The maximum atomic E-state index is 6.08. The van der Waals surface area contributed by atoms with Gasteiger partial charge in [0, 0.05) is 24.9 Å². The van der Waals surface area contributed by atoms with Crippen LogP contribution in [0.4, 0.5) is 5.69 Å². The maximum Gasteiger partial charge on any atom is 0.161 e. The number of hydrogen-bond donors (Lipinski definition) is 0. The third kappa shape index (κ3) is 9.07. The van der Waals surface area contributed by atoms with E-state index >= 15 is 0 Å². The van der Waals surface area contributed by atoms with Gasteiger partial charge in [0.25, 0.3) is 0 Å². The molecule has 0 saturated carbocycles. The van der Waals surface area contributed by atoms with Crippen molar-refractivity contribution >= 4 is 23.7 Å². The molecule has 5 heteroatoms. The van der Waals surface area contributed by atoms with Crippen LogP contribution in [0.1, 0.15) is 69.6 Å². The predicted molar refractivity (Wildman–Crippen MR) is 174 cm³/mol. The molecular formula is C36H46N2O3. The minimum atomic E-state index is 0.214. The van der Waals surface area contributed by atoms with E-state index in [0.29, 0.717) is 24.0 Å². The number of benzene rings is 2. The lowest BCUT2D eigenvalue weighted by Gasteiger charge is -2.15. The van der Waals surface area contributed by atoms with Gasteiger partial charge in [-0.2, -0.15) is 0 Å². The number of hydrogen-bond acceptors (Lipinski definition) is 5. The molecule has 3 rings (SSSR count). The largest absolute Gasteiger partial charge is 0.497 e. The molecule has 0 aromatic heterocycles. The minimum absolute atomic E-state index is 0.214. The van der Waals surface area contributed by atoms with Crippen LogP contribution >= 0.6 is 0 Å². The van der Waals surface area contributed by atoms with Crippen LogP contribution < -0.4 is 9.47 Å². The molecule has 2 aromatic carbocycles. The Kier molecular flexibility index (Phi) is 12.7. The molecule has 0 aliphatic carbocycles. The Hall–Kier alpha value is -3.86. The normalized spacial score (nSPS) is 15.9. The van der Waals surface area contributed by atoms with Crippen molar-refractivity contribution in [3.63, 3.8) is 0 Å². The predicted octanol–water partition coefficient (Wildman–Crippen LogP) is 9.08. The SMILES string of the molecule is C=C(/C=C\C(=C/C)COc1ccc(CC2C=Nc3cc(/C(C=NCC(CC)CCC)=C/C)ccc32)cc1OC)OC. The van der Waals surface area contributed by atoms with E-state index < -0.39 is 0 Å². The van der Waals surface area contributed by atoms with Gasteiger partial charge in [-0.1, -0.05) is 69.7 Å². The second-order valence-corrected chi connectivity index (χ2v) is 10.3. The van der Waals surface area contributed by atoms with Gasteiger partial charge in [-0.15, -0.1) is 0 Å². The summed E-state index contributed by atoms with van der Waals surface area (Å²) in [4.78, 5) is 9.55. The molecule has 2 unspecified atom stereocenters. The first-order valence-electron chi connectivity index (χ1n) is 14.7. The van der Waals surface area contributed by atoms with Crippen LogP contribution in [-0.4, -0.2) is 39.8 Å². The monoisotopic (exact) mass is 554 g/mol. The standard InChI is InChI=1S/C36H46N2O3/c1-8-12-27(9-2)22-37-23-30(11-4)31-16-17-33-32(24-38-34(33)21-31)19-29-15-18-35(36(20-29)40-7)41-25-28(10-3)14-13-26(5)39-6/h10-11,13-18,20-21,23-24,27,32H,5,8-9,12,19,22,25H2,1-4,6-7H3/b14-13-,28-10+,30-11+,37-23?. The van der Waals surface area contributed by atoms with Crippen LogP contribution in [0, 0.1) is 5.92 Å². The second kappa shape index (κ2) is 16.4. The average Bonchev–Trinajstić information content (AvgIpc) is 3.40. The molecule has 218 valence electrons. The molecule has 0 N–H and O–H groups in total. The van der Waals surface area contributed by atoms with Crippen molar-refractivity contribution in [3.05, 3.63) is 95.3 Å². The summed E-state index contributed by atoms with van der Waals surface area (Å²) < 4.78 is 16.9. The molecule has 1 heterocycles. The van der Waals surface area contributed by atoms with E-state index in [-0.39, 0.29) is 5.92 Å². The number of nitrogens with zero attached hydrogens (tertiary/aromatic N) is 2. The molecule has 2 atom stereocenters. The van der Waals surface area contributed by atoms with Gasteiger partial charge in [-0.25, -0.2) is 0 Å². The highest BCUT2D eigenvalue weighted by Crippen LogP contribution is 2.37. The number of fused-ring (bicyclic) bond motifs is 1. The third-order valence-corrected chi connectivity index (χ3v) is 7.53. The molecule has 0 bridgehead atoms. The minimum Gasteiger partial charge on any atom is -0.497 e. The fraction of sp³-hybridized carbons (Fsp3) is 0.389. The van der Waals surface area contributed by atoms with Crippen molar-refractivity contribution in [2.45, 2.75) is 59.3 Å². The topological polar surface area (TPSA) is 52.4 Å².